The molecular formula is C14H23N3O. The van der Waals surface area contributed by atoms with Gasteiger partial charge in [0.15, 0.2) is 0 Å². The van der Waals surface area contributed by atoms with Crippen LogP contribution in [0.4, 0.5) is 11.4 Å². The maximum atomic E-state index is 5.47. The zero-order valence-corrected chi connectivity index (χ0v) is 10.9. The molecule has 0 radical (unpaired) electrons. The summed E-state index contributed by atoms with van der Waals surface area (Å²) in [5, 5.41) is 3.41. The number of nitrogens with one attached hydrogen (secondary N) is 1. The summed E-state index contributed by atoms with van der Waals surface area (Å²) in [5.41, 5.74) is 7.93. The van der Waals surface area contributed by atoms with Gasteiger partial charge in [-0.3, -0.25) is 0 Å². The minimum absolute atomic E-state index is 0.775. The van der Waals surface area contributed by atoms with E-state index < -0.39 is 0 Å². The Kier molecular flexibility index (Phi) is 5.30. The summed E-state index contributed by atoms with van der Waals surface area (Å²) in [6.07, 6.45) is 2.21. The number of nitrogens with two attached hydrogens (primary N) is 1. The molecule has 0 spiro atoms. The number of ether oxygens (including phenoxy) is 1. The molecule has 3 N–H and O–H groups in total. The first kappa shape index (κ1) is 13.2. The summed E-state index contributed by atoms with van der Waals surface area (Å²) in [6.45, 7) is 5.41. The molecule has 1 aliphatic rings. The van der Waals surface area contributed by atoms with E-state index in [0.29, 0.717) is 0 Å². The molecule has 18 heavy (non-hydrogen) atoms. The number of hydrogen-bond donors (Lipinski definition) is 2. The third kappa shape index (κ3) is 3.89. The number of rotatable bonds is 6. The number of morpholine rings is 1. The molecule has 100 valence electrons. The van der Waals surface area contributed by atoms with E-state index in [2.05, 4.69) is 34.5 Å². The summed E-state index contributed by atoms with van der Waals surface area (Å²) >= 11 is 0. The van der Waals surface area contributed by atoms with Gasteiger partial charge in [-0.25, -0.2) is 0 Å². The summed E-state index contributed by atoms with van der Waals surface area (Å²) in [6, 6.07) is 8.65. The molecular weight excluding hydrogens is 226 g/mol. The van der Waals surface area contributed by atoms with Gasteiger partial charge in [0.25, 0.3) is 0 Å². The minimum Gasteiger partial charge on any atom is -0.385 e. The second-order valence-corrected chi connectivity index (χ2v) is 4.57. The predicted molar refractivity (Wildman–Crippen MR) is 76.3 cm³/mol. The van der Waals surface area contributed by atoms with Crippen LogP contribution in [0.1, 0.15) is 12.8 Å². The van der Waals surface area contributed by atoms with Crippen molar-refractivity contribution in [1.82, 2.24) is 0 Å². The van der Waals surface area contributed by atoms with Crippen molar-refractivity contribution >= 4 is 11.4 Å². The van der Waals surface area contributed by atoms with Crippen LogP contribution in [0.3, 0.4) is 0 Å². The lowest BCUT2D eigenvalue weighted by molar-refractivity contribution is 0.122. The van der Waals surface area contributed by atoms with Gasteiger partial charge in [0, 0.05) is 31.0 Å². The van der Waals surface area contributed by atoms with Gasteiger partial charge in [-0.1, -0.05) is 0 Å². The average molecular weight is 249 g/mol. The Hall–Kier alpha value is -1.26. The van der Waals surface area contributed by atoms with Crippen molar-refractivity contribution in [2.75, 3.05) is 49.6 Å². The van der Waals surface area contributed by atoms with Crippen molar-refractivity contribution in [2.45, 2.75) is 12.8 Å². The number of benzene rings is 1. The molecule has 2 rings (SSSR count). The number of unbranched alkanes of at least 4 members (excludes halogenated alkanes) is 1. The number of anilines is 2. The van der Waals surface area contributed by atoms with Crippen molar-refractivity contribution in [3.05, 3.63) is 24.3 Å². The largest absolute Gasteiger partial charge is 0.385 e. The van der Waals surface area contributed by atoms with E-state index in [1.54, 1.807) is 0 Å². The highest BCUT2D eigenvalue weighted by Crippen LogP contribution is 2.18. The SMILES string of the molecule is NCCCCNc1ccc(N2CCOCC2)cc1. The van der Waals surface area contributed by atoms with Crippen molar-refractivity contribution in [2.24, 2.45) is 5.73 Å². The van der Waals surface area contributed by atoms with Crippen LogP contribution in [0.15, 0.2) is 24.3 Å². The first-order valence-corrected chi connectivity index (χ1v) is 6.77. The zero-order valence-electron chi connectivity index (χ0n) is 10.9. The first-order valence-electron chi connectivity index (χ1n) is 6.77. The lowest BCUT2D eigenvalue weighted by Crippen LogP contribution is -2.36. The van der Waals surface area contributed by atoms with E-state index >= 15 is 0 Å². The van der Waals surface area contributed by atoms with Crippen LogP contribution in [0.5, 0.6) is 0 Å². The molecule has 0 aromatic heterocycles. The van der Waals surface area contributed by atoms with Crippen LogP contribution in [-0.2, 0) is 4.74 Å². The number of nitrogens with zero attached hydrogens (tertiary/aromatic N) is 1. The Bertz CT molecular complexity index is 333. The lowest BCUT2D eigenvalue weighted by Gasteiger charge is -2.28. The smallest absolute Gasteiger partial charge is 0.0642 e. The van der Waals surface area contributed by atoms with Crippen LogP contribution in [-0.4, -0.2) is 39.4 Å². The van der Waals surface area contributed by atoms with Crippen molar-refractivity contribution in [3.8, 4) is 0 Å². The van der Waals surface area contributed by atoms with Crippen LogP contribution >= 0.6 is 0 Å². The molecule has 0 unspecified atom stereocenters. The Balaban J connectivity index is 1.81. The van der Waals surface area contributed by atoms with Crippen molar-refractivity contribution < 1.29 is 4.74 Å². The van der Waals surface area contributed by atoms with E-state index in [4.69, 9.17) is 10.5 Å². The van der Waals surface area contributed by atoms with E-state index in [9.17, 15) is 0 Å². The van der Waals surface area contributed by atoms with Gasteiger partial charge in [-0.05, 0) is 43.7 Å². The molecule has 1 aromatic rings. The molecule has 1 aromatic carbocycles. The van der Waals surface area contributed by atoms with Crippen LogP contribution < -0.4 is 16.0 Å². The second kappa shape index (κ2) is 7.24. The maximum absolute atomic E-state index is 5.47. The molecule has 1 fully saturated rings. The molecule has 0 aliphatic carbocycles. The minimum atomic E-state index is 0.775. The van der Waals surface area contributed by atoms with E-state index in [0.717, 1.165) is 52.2 Å². The molecule has 0 saturated carbocycles. The van der Waals surface area contributed by atoms with E-state index in [1.807, 2.05) is 0 Å². The Morgan fingerprint density at radius 3 is 2.50 bits per heavy atom. The van der Waals surface area contributed by atoms with E-state index in [1.165, 1.54) is 11.4 Å². The monoisotopic (exact) mass is 249 g/mol. The van der Waals surface area contributed by atoms with Crippen molar-refractivity contribution in [3.63, 3.8) is 0 Å². The highest BCUT2D eigenvalue weighted by atomic mass is 16.5. The van der Waals surface area contributed by atoms with E-state index in [-0.39, 0.29) is 0 Å². The molecule has 1 aliphatic heterocycles. The van der Waals surface area contributed by atoms with Gasteiger partial charge in [0.05, 0.1) is 13.2 Å². The standard InChI is InChI=1S/C14H23N3O/c15-7-1-2-8-16-13-3-5-14(6-4-13)17-9-11-18-12-10-17/h3-6,16H,1-2,7-12,15H2. The number of hydrogen-bond acceptors (Lipinski definition) is 4. The van der Waals surface area contributed by atoms with Gasteiger partial charge >= 0.3 is 0 Å². The van der Waals surface area contributed by atoms with Crippen LogP contribution in [0.25, 0.3) is 0 Å². The fraction of sp³-hybridized carbons (Fsp3) is 0.571. The summed E-state index contributed by atoms with van der Waals surface area (Å²) in [4.78, 5) is 2.36. The predicted octanol–water partition coefficient (Wildman–Crippen LogP) is 1.67. The summed E-state index contributed by atoms with van der Waals surface area (Å²) in [5.74, 6) is 0. The molecule has 1 saturated heterocycles. The fourth-order valence-electron chi connectivity index (χ4n) is 2.11. The van der Waals surface area contributed by atoms with Gasteiger partial charge in [-0.2, -0.15) is 0 Å². The Morgan fingerprint density at radius 1 is 1.11 bits per heavy atom. The normalized spacial score (nSPS) is 15.7. The second-order valence-electron chi connectivity index (χ2n) is 4.57. The Labute approximate surface area is 109 Å². The maximum Gasteiger partial charge on any atom is 0.0642 e. The lowest BCUT2D eigenvalue weighted by atomic mass is 10.2. The Morgan fingerprint density at radius 2 is 1.83 bits per heavy atom. The van der Waals surface area contributed by atoms with Gasteiger partial charge < -0.3 is 20.7 Å². The van der Waals surface area contributed by atoms with Gasteiger partial charge in [0.2, 0.25) is 0 Å². The zero-order chi connectivity index (χ0) is 12.6. The topological polar surface area (TPSA) is 50.5 Å². The average Bonchev–Trinajstić information content (AvgIpc) is 2.45. The van der Waals surface area contributed by atoms with Crippen molar-refractivity contribution in [1.29, 1.82) is 0 Å². The molecule has 1 heterocycles. The molecule has 0 bridgehead atoms. The molecule has 0 amide bonds. The van der Waals surface area contributed by atoms with Gasteiger partial charge in [0.1, 0.15) is 0 Å². The third-order valence-corrected chi connectivity index (χ3v) is 3.20. The van der Waals surface area contributed by atoms with Crippen LogP contribution in [0, 0.1) is 0 Å². The molecule has 0 atom stereocenters. The van der Waals surface area contributed by atoms with Gasteiger partial charge in [-0.15, -0.1) is 0 Å². The fourth-order valence-corrected chi connectivity index (χ4v) is 2.11. The van der Waals surface area contributed by atoms with Crippen LogP contribution in [0.2, 0.25) is 0 Å². The quantitative estimate of drug-likeness (QED) is 0.753. The first-order chi connectivity index (χ1) is 8.90. The highest BCUT2D eigenvalue weighted by molar-refractivity contribution is 5.55. The molecule has 4 heteroatoms. The summed E-state index contributed by atoms with van der Waals surface area (Å²) in [7, 11) is 0. The third-order valence-electron chi connectivity index (χ3n) is 3.20. The molecule has 4 nitrogen and oxygen atoms in total. The highest BCUT2D eigenvalue weighted by Gasteiger charge is 2.10. The summed E-state index contributed by atoms with van der Waals surface area (Å²) < 4.78 is 5.36.